The van der Waals surface area contributed by atoms with E-state index in [1.54, 1.807) is 12.2 Å². The van der Waals surface area contributed by atoms with Gasteiger partial charge in [0.1, 0.15) is 0 Å². The summed E-state index contributed by atoms with van der Waals surface area (Å²) in [6.45, 7) is 2.97. The number of halogens is 1. The van der Waals surface area contributed by atoms with Crippen molar-refractivity contribution in [3.63, 3.8) is 0 Å². The fourth-order valence-electron chi connectivity index (χ4n) is 0.559. The highest BCUT2D eigenvalue weighted by atomic mass is 19.1. The number of hydrogen-bond acceptors (Lipinski definition) is 1. The Morgan fingerprint density at radius 2 is 2.18 bits per heavy atom. The summed E-state index contributed by atoms with van der Waals surface area (Å²) in [5.74, 6) is -1.40. The lowest BCUT2D eigenvalue weighted by Gasteiger charge is -2.10. The third-order valence-corrected chi connectivity index (χ3v) is 1.35. The second kappa shape index (κ2) is 4.11. The summed E-state index contributed by atoms with van der Waals surface area (Å²) in [5, 5.41) is 8.33. The van der Waals surface area contributed by atoms with Crippen LogP contribution >= 0.6 is 0 Å². The molecule has 64 valence electrons. The monoisotopic (exact) mass is 160 g/mol. The van der Waals surface area contributed by atoms with Crippen LogP contribution in [0.25, 0.3) is 0 Å². The van der Waals surface area contributed by atoms with Crippen LogP contribution in [0.15, 0.2) is 12.2 Å². The van der Waals surface area contributed by atoms with E-state index in [1.807, 2.05) is 6.92 Å². The quantitative estimate of drug-likeness (QED) is 0.640. The first-order valence-electron chi connectivity index (χ1n) is 3.58. The lowest BCUT2D eigenvalue weighted by atomic mass is 10.1. The van der Waals surface area contributed by atoms with Crippen molar-refractivity contribution in [2.45, 2.75) is 32.4 Å². The summed E-state index contributed by atoms with van der Waals surface area (Å²) in [5.41, 5.74) is -2.12. The van der Waals surface area contributed by atoms with Crippen LogP contribution in [0, 0.1) is 0 Å². The fourth-order valence-corrected chi connectivity index (χ4v) is 0.559. The standard InChI is InChI=1S/C8H13FO2/c1-3-4-5-6-8(2,9)7(10)11/h4-5H,3,6H2,1-2H3,(H,10,11)/b5-4+/t8-/m1/s1. The van der Waals surface area contributed by atoms with Crippen LogP contribution in [0.1, 0.15) is 26.7 Å². The molecule has 0 saturated heterocycles. The van der Waals surface area contributed by atoms with Gasteiger partial charge in [0.25, 0.3) is 0 Å². The molecule has 0 unspecified atom stereocenters. The minimum Gasteiger partial charge on any atom is -0.479 e. The van der Waals surface area contributed by atoms with Crippen LogP contribution in [-0.2, 0) is 4.79 Å². The Bertz CT molecular complexity index is 161. The highest BCUT2D eigenvalue weighted by Gasteiger charge is 2.30. The summed E-state index contributed by atoms with van der Waals surface area (Å²) in [7, 11) is 0. The Kier molecular flexibility index (Phi) is 3.79. The van der Waals surface area contributed by atoms with Crippen LogP contribution in [-0.4, -0.2) is 16.7 Å². The zero-order chi connectivity index (χ0) is 8.91. The van der Waals surface area contributed by atoms with E-state index >= 15 is 0 Å². The van der Waals surface area contributed by atoms with Gasteiger partial charge in [-0.05, 0) is 13.3 Å². The van der Waals surface area contributed by atoms with E-state index in [-0.39, 0.29) is 6.42 Å². The number of rotatable bonds is 4. The largest absolute Gasteiger partial charge is 0.479 e. The van der Waals surface area contributed by atoms with Crippen LogP contribution in [0.3, 0.4) is 0 Å². The third-order valence-electron chi connectivity index (χ3n) is 1.35. The van der Waals surface area contributed by atoms with Crippen molar-refractivity contribution in [2.24, 2.45) is 0 Å². The van der Waals surface area contributed by atoms with Crippen LogP contribution < -0.4 is 0 Å². The van der Waals surface area contributed by atoms with E-state index in [9.17, 15) is 9.18 Å². The molecule has 0 fully saturated rings. The van der Waals surface area contributed by atoms with Gasteiger partial charge in [-0.3, -0.25) is 0 Å². The summed E-state index contributed by atoms with van der Waals surface area (Å²) in [6.07, 6.45) is 4.04. The van der Waals surface area contributed by atoms with Gasteiger partial charge in [0.2, 0.25) is 5.67 Å². The van der Waals surface area contributed by atoms with Crippen molar-refractivity contribution in [1.29, 1.82) is 0 Å². The van der Waals surface area contributed by atoms with Crippen molar-refractivity contribution in [3.8, 4) is 0 Å². The molecule has 0 bridgehead atoms. The van der Waals surface area contributed by atoms with E-state index in [0.717, 1.165) is 13.3 Å². The van der Waals surface area contributed by atoms with Gasteiger partial charge in [-0.1, -0.05) is 19.1 Å². The van der Waals surface area contributed by atoms with Crippen LogP contribution in [0.2, 0.25) is 0 Å². The summed E-state index contributed by atoms with van der Waals surface area (Å²) in [4.78, 5) is 10.2. The Morgan fingerprint density at radius 1 is 1.64 bits per heavy atom. The molecule has 2 nitrogen and oxygen atoms in total. The van der Waals surface area contributed by atoms with Crippen LogP contribution in [0.4, 0.5) is 4.39 Å². The van der Waals surface area contributed by atoms with Gasteiger partial charge in [0.15, 0.2) is 0 Å². The summed E-state index contributed by atoms with van der Waals surface area (Å²) >= 11 is 0. The minimum atomic E-state index is -2.12. The molecule has 0 aromatic rings. The molecule has 11 heavy (non-hydrogen) atoms. The zero-order valence-electron chi connectivity index (χ0n) is 6.80. The van der Waals surface area contributed by atoms with Crippen LogP contribution in [0.5, 0.6) is 0 Å². The smallest absolute Gasteiger partial charge is 0.341 e. The molecule has 0 spiro atoms. The Morgan fingerprint density at radius 3 is 2.55 bits per heavy atom. The average Bonchev–Trinajstić information content (AvgIpc) is 1.88. The fraction of sp³-hybridized carbons (Fsp3) is 0.625. The molecule has 1 N–H and O–H groups in total. The van der Waals surface area contributed by atoms with Crippen molar-refractivity contribution in [1.82, 2.24) is 0 Å². The van der Waals surface area contributed by atoms with Crippen molar-refractivity contribution >= 4 is 5.97 Å². The van der Waals surface area contributed by atoms with Gasteiger partial charge in [0.05, 0.1) is 0 Å². The normalized spacial score (nSPS) is 16.6. The zero-order valence-corrected chi connectivity index (χ0v) is 6.80. The highest BCUT2D eigenvalue weighted by molar-refractivity contribution is 5.76. The second-order valence-electron chi connectivity index (χ2n) is 2.59. The van der Waals surface area contributed by atoms with Crippen molar-refractivity contribution in [2.75, 3.05) is 0 Å². The molecule has 0 aliphatic carbocycles. The van der Waals surface area contributed by atoms with Crippen molar-refractivity contribution < 1.29 is 14.3 Å². The Labute approximate surface area is 65.7 Å². The number of aliphatic carboxylic acids is 1. The molecule has 1 atom stereocenters. The number of carboxylic acids is 1. The first-order valence-corrected chi connectivity index (χ1v) is 3.58. The molecule has 0 aromatic heterocycles. The lowest BCUT2D eigenvalue weighted by Crippen LogP contribution is -2.28. The maximum absolute atomic E-state index is 12.9. The van der Waals surface area contributed by atoms with Gasteiger partial charge < -0.3 is 5.11 Å². The summed E-state index contributed by atoms with van der Waals surface area (Å²) in [6, 6.07) is 0. The number of carboxylic acid groups (broad SMARTS) is 1. The second-order valence-corrected chi connectivity index (χ2v) is 2.59. The number of alkyl halides is 1. The van der Waals surface area contributed by atoms with Gasteiger partial charge in [0, 0.05) is 6.42 Å². The molecular formula is C8H13FO2. The predicted octanol–water partition coefficient (Wildman–Crippen LogP) is 2.16. The first kappa shape index (κ1) is 10.1. The topological polar surface area (TPSA) is 37.3 Å². The molecule has 0 radical (unpaired) electrons. The van der Waals surface area contributed by atoms with Gasteiger partial charge in [-0.2, -0.15) is 0 Å². The molecule has 0 aliphatic rings. The molecular weight excluding hydrogens is 147 g/mol. The number of hydrogen-bond donors (Lipinski definition) is 1. The van der Waals surface area contributed by atoms with E-state index in [2.05, 4.69) is 0 Å². The van der Waals surface area contributed by atoms with E-state index in [4.69, 9.17) is 5.11 Å². The van der Waals surface area contributed by atoms with Gasteiger partial charge in [-0.25, -0.2) is 9.18 Å². The lowest BCUT2D eigenvalue weighted by molar-refractivity contribution is -0.149. The number of carbonyl (C=O) groups is 1. The van der Waals surface area contributed by atoms with Gasteiger partial charge >= 0.3 is 5.97 Å². The SMILES string of the molecule is CC/C=C/C[C@@](C)(F)C(=O)O. The number of allylic oxidation sites excluding steroid dienone is 2. The highest BCUT2D eigenvalue weighted by Crippen LogP contribution is 2.15. The average molecular weight is 160 g/mol. The summed E-state index contributed by atoms with van der Waals surface area (Å²) < 4.78 is 12.9. The molecule has 0 saturated carbocycles. The molecule has 0 aliphatic heterocycles. The van der Waals surface area contributed by atoms with E-state index in [1.165, 1.54) is 0 Å². The molecule has 0 aromatic carbocycles. The Balaban J connectivity index is 3.92. The Hall–Kier alpha value is -0.860. The minimum absolute atomic E-state index is 0.0594. The molecule has 0 heterocycles. The predicted molar refractivity (Wildman–Crippen MR) is 41.2 cm³/mol. The van der Waals surface area contributed by atoms with E-state index in [0.29, 0.717) is 0 Å². The third kappa shape index (κ3) is 3.75. The maximum Gasteiger partial charge on any atom is 0.341 e. The van der Waals surface area contributed by atoms with Gasteiger partial charge in [-0.15, -0.1) is 0 Å². The molecule has 3 heteroatoms. The molecule has 0 rings (SSSR count). The maximum atomic E-state index is 12.9. The van der Waals surface area contributed by atoms with E-state index < -0.39 is 11.6 Å². The molecule has 0 amide bonds. The first-order chi connectivity index (χ1) is 5.00. The van der Waals surface area contributed by atoms with Crippen molar-refractivity contribution in [3.05, 3.63) is 12.2 Å².